The molecule has 146 valence electrons. The Kier molecular flexibility index (Phi) is 4.87. The van der Waals surface area contributed by atoms with Crippen molar-refractivity contribution in [1.29, 1.82) is 0 Å². The van der Waals surface area contributed by atoms with E-state index in [0.717, 1.165) is 11.3 Å². The molecule has 0 spiro atoms. The van der Waals surface area contributed by atoms with Crippen molar-refractivity contribution in [2.45, 2.75) is 4.21 Å². The second kappa shape index (κ2) is 7.34. The van der Waals surface area contributed by atoms with Gasteiger partial charge in [-0.25, -0.2) is 18.5 Å². The first-order valence-electron chi connectivity index (χ1n) is 8.57. The smallest absolute Gasteiger partial charge is 0.264 e. The van der Waals surface area contributed by atoms with Crippen molar-refractivity contribution in [2.24, 2.45) is 0 Å². The fourth-order valence-electron chi connectivity index (χ4n) is 3.02. The van der Waals surface area contributed by atoms with Crippen LogP contribution in [0.5, 0.6) is 0 Å². The van der Waals surface area contributed by atoms with Gasteiger partial charge < -0.3 is 10.6 Å². The number of H-pyrrole nitrogens is 1. The lowest BCUT2D eigenvalue weighted by molar-refractivity contribution is 0.385. The van der Waals surface area contributed by atoms with E-state index in [4.69, 9.17) is 5.73 Å². The first kappa shape index (κ1) is 18.6. The highest BCUT2D eigenvalue weighted by Gasteiger charge is 2.30. The first-order valence-corrected chi connectivity index (χ1v) is 10.8. The van der Waals surface area contributed by atoms with Crippen molar-refractivity contribution in [2.75, 3.05) is 36.8 Å². The molecule has 9 nitrogen and oxygen atoms in total. The molecular weight excluding hydrogens is 400 g/mol. The molecule has 0 aliphatic carbocycles. The predicted molar refractivity (Wildman–Crippen MR) is 108 cm³/mol. The third-order valence-corrected chi connectivity index (χ3v) is 7.94. The maximum atomic E-state index is 13.0. The normalized spacial score (nSPS) is 15.6. The van der Waals surface area contributed by atoms with Gasteiger partial charge in [0.15, 0.2) is 5.82 Å². The molecule has 0 bridgehead atoms. The van der Waals surface area contributed by atoms with Crippen molar-refractivity contribution in [3.05, 3.63) is 52.9 Å². The molecule has 0 radical (unpaired) electrons. The van der Waals surface area contributed by atoms with Gasteiger partial charge in [-0.3, -0.25) is 4.79 Å². The summed E-state index contributed by atoms with van der Waals surface area (Å²) in [7, 11) is -3.60. The van der Waals surface area contributed by atoms with Crippen molar-refractivity contribution in [3.8, 4) is 10.6 Å². The third kappa shape index (κ3) is 3.51. The number of thiophene rings is 1. The van der Waals surface area contributed by atoms with Gasteiger partial charge in [0, 0.05) is 38.4 Å². The maximum absolute atomic E-state index is 13.0. The van der Waals surface area contributed by atoms with Gasteiger partial charge in [-0.15, -0.1) is 11.3 Å². The van der Waals surface area contributed by atoms with Crippen molar-refractivity contribution >= 4 is 32.9 Å². The molecule has 0 aromatic carbocycles. The number of hydrogen-bond donors (Lipinski definition) is 2. The number of piperazine rings is 1. The predicted octanol–water partition coefficient (Wildman–Crippen LogP) is 0.986. The summed E-state index contributed by atoms with van der Waals surface area (Å²) >= 11 is 1.13. The number of aromatic nitrogens is 3. The van der Waals surface area contributed by atoms with Crippen LogP contribution in [-0.2, 0) is 10.0 Å². The highest BCUT2D eigenvalue weighted by atomic mass is 32.2. The van der Waals surface area contributed by atoms with E-state index in [2.05, 4.69) is 15.2 Å². The Morgan fingerprint density at radius 2 is 1.86 bits per heavy atom. The van der Waals surface area contributed by atoms with Crippen LogP contribution >= 0.6 is 11.3 Å². The largest absolute Gasteiger partial charge is 0.396 e. The lowest BCUT2D eigenvalue weighted by Crippen LogP contribution is -2.48. The quantitative estimate of drug-likeness (QED) is 0.647. The van der Waals surface area contributed by atoms with Crippen LogP contribution in [0.15, 0.2) is 51.6 Å². The lowest BCUT2D eigenvalue weighted by atomic mass is 10.3. The van der Waals surface area contributed by atoms with Gasteiger partial charge >= 0.3 is 0 Å². The van der Waals surface area contributed by atoms with Crippen LogP contribution in [0, 0.1) is 0 Å². The average Bonchev–Trinajstić information content (AvgIpc) is 3.20. The van der Waals surface area contributed by atoms with Crippen molar-refractivity contribution in [1.82, 2.24) is 19.5 Å². The summed E-state index contributed by atoms with van der Waals surface area (Å²) in [6.45, 7) is 1.73. The Balaban J connectivity index is 1.50. The molecule has 1 fully saturated rings. The SMILES string of the molecule is Nc1cccnc1N1CCN(S(=O)(=O)c2ccc(-c3ccc(=O)[nH]n3)s2)CC1. The van der Waals surface area contributed by atoms with Crippen LogP contribution in [-0.4, -0.2) is 54.1 Å². The van der Waals surface area contributed by atoms with E-state index >= 15 is 0 Å². The molecule has 3 aromatic rings. The number of sulfonamides is 1. The standard InChI is InChI=1S/C17H18N6O3S2/c18-12-2-1-7-19-17(12)22-8-10-23(11-9-22)28(25,26)16-6-4-14(27-16)13-3-5-15(24)21-20-13/h1-7H,8-11,18H2,(H,21,24). The Labute approximate surface area is 165 Å². The molecule has 0 atom stereocenters. The number of rotatable bonds is 4. The fourth-order valence-corrected chi connectivity index (χ4v) is 5.87. The van der Waals surface area contributed by atoms with E-state index < -0.39 is 10.0 Å². The number of nitrogens with two attached hydrogens (primary N) is 1. The first-order chi connectivity index (χ1) is 13.4. The summed E-state index contributed by atoms with van der Waals surface area (Å²) in [4.78, 5) is 18.1. The van der Waals surface area contributed by atoms with E-state index in [-0.39, 0.29) is 9.77 Å². The van der Waals surface area contributed by atoms with Crippen LogP contribution < -0.4 is 16.2 Å². The monoisotopic (exact) mass is 418 g/mol. The molecule has 4 heterocycles. The fraction of sp³-hybridized carbons (Fsp3) is 0.235. The number of nitrogen functional groups attached to an aromatic ring is 1. The number of pyridine rings is 1. The van der Waals surface area contributed by atoms with E-state index in [1.807, 2.05) is 4.90 Å². The zero-order chi connectivity index (χ0) is 19.7. The van der Waals surface area contributed by atoms with Gasteiger partial charge in [0.1, 0.15) is 9.90 Å². The summed E-state index contributed by atoms with van der Waals surface area (Å²) in [5.74, 6) is 0.683. The van der Waals surface area contributed by atoms with Gasteiger partial charge in [-0.2, -0.15) is 9.40 Å². The molecule has 0 saturated carbocycles. The number of nitrogens with zero attached hydrogens (tertiary/aromatic N) is 4. The van der Waals surface area contributed by atoms with Gasteiger partial charge in [-0.05, 0) is 30.3 Å². The third-order valence-electron chi connectivity index (χ3n) is 4.46. The van der Waals surface area contributed by atoms with E-state index in [9.17, 15) is 13.2 Å². The summed E-state index contributed by atoms with van der Waals surface area (Å²) in [6.07, 6.45) is 1.67. The Hall–Kier alpha value is -2.76. The summed E-state index contributed by atoms with van der Waals surface area (Å²) in [6, 6.07) is 9.75. The molecule has 4 rings (SSSR count). The van der Waals surface area contributed by atoms with Gasteiger partial charge in [-0.1, -0.05) is 0 Å². The topological polar surface area (TPSA) is 125 Å². The molecule has 0 unspecified atom stereocenters. The molecule has 11 heteroatoms. The molecule has 1 aliphatic heterocycles. The zero-order valence-corrected chi connectivity index (χ0v) is 16.4. The minimum absolute atomic E-state index is 0.251. The number of anilines is 2. The highest BCUT2D eigenvalue weighted by molar-refractivity contribution is 7.91. The number of aromatic amines is 1. The molecule has 1 aliphatic rings. The molecule has 28 heavy (non-hydrogen) atoms. The van der Waals surface area contributed by atoms with Crippen LogP contribution in [0.25, 0.3) is 10.6 Å². The van der Waals surface area contributed by atoms with E-state index in [1.165, 1.54) is 10.4 Å². The zero-order valence-electron chi connectivity index (χ0n) is 14.8. The van der Waals surface area contributed by atoms with Gasteiger partial charge in [0.2, 0.25) is 0 Å². The van der Waals surface area contributed by atoms with Gasteiger partial charge in [0.25, 0.3) is 15.6 Å². The summed E-state index contributed by atoms with van der Waals surface area (Å²) in [5, 5.41) is 6.30. The number of hydrogen-bond acceptors (Lipinski definition) is 8. The van der Waals surface area contributed by atoms with Crippen LogP contribution in [0.1, 0.15) is 0 Å². The minimum atomic E-state index is -3.60. The molecule has 0 amide bonds. The number of nitrogens with one attached hydrogen (secondary N) is 1. The second-order valence-corrected chi connectivity index (χ2v) is 9.48. The summed E-state index contributed by atoms with van der Waals surface area (Å²) < 4.78 is 27.7. The molecule has 3 aromatic heterocycles. The Morgan fingerprint density at radius 1 is 1.07 bits per heavy atom. The van der Waals surface area contributed by atoms with E-state index in [0.29, 0.717) is 48.3 Å². The second-order valence-electron chi connectivity index (χ2n) is 6.23. The van der Waals surface area contributed by atoms with E-state index in [1.54, 1.807) is 36.5 Å². The Bertz CT molecular complexity index is 1130. The van der Waals surface area contributed by atoms with Crippen LogP contribution in [0.3, 0.4) is 0 Å². The lowest BCUT2D eigenvalue weighted by Gasteiger charge is -2.34. The van der Waals surface area contributed by atoms with Crippen LogP contribution in [0.4, 0.5) is 11.5 Å². The molecule has 1 saturated heterocycles. The highest BCUT2D eigenvalue weighted by Crippen LogP contribution is 2.31. The van der Waals surface area contributed by atoms with Crippen molar-refractivity contribution in [3.63, 3.8) is 0 Å². The maximum Gasteiger partial charge on any atom is 0.264 e. The van der Waals surface area contributed by atoms with Crippen molar-refractivity contribution < 1.29 is 8.42 Å². The van der Waals surface area contributed by atoms with Crippen LogP contribution in [0.2, 0.25) is 0 Å². The average molecular weight is 419 g/mol. The Morgan fingerprint density at radius 3 is 2.54 bits per heavy atom. The molecular formula is C17H18N6O3S2. The van der Waals surface area contributed by atoms with Gasteiger partial charge in [0.05, 0.1) is 10.6 Å². The molecule has 3 N–H and O–H groups in total. The summed E-state index contributed by atoms with van der Waals surface area (Å²) in [5.41, 5.74) is 6.77. The minimum Gasteiger partial charge on any atom is -0.396 e.